The molecule has 4 atom stereocenters. The molecular weight excluding hydrogens is 310 g/mol. The molecule has 1 aromatic rings. The minimum absolute atomic E-state index is 0.0583. The van der Waals surface area contributed by atoms with Gasteiger partial charge in [0.15, 0.2) is 5.79 Å². The lowest BCUT2D eigenvalue weighted by atomic mass is 9.96. The molecule has 0 spiro atoms. The van der Waals surface area contributed by atoms with Gasteiger partial charge in [0, 0.05) is 5.69 Å². The second-order valence-electron chi connectivity index (χ2n) is 7.37. The summed E-state index contributed by atoms with van der Waals surface area (Å²) in [5, 5.41) is 24.4. The van der Waals surface area contributed by atoms with Gasteiger partial charge in [-0.05, 0) is 37.5 Å². The molecule has 2 aliphatic heterocycles. The molecular formula is C18H27NO5. The van der Waals surface area contributed by atoms with Crippen molar-refractivity contribution in [3.05, 3.63) is 29.8 Å². The molecule has 0 bridgehead atoms. The molecule has 2 saturated heterocycles. The van der Waals surface area contributed by atoms with E-state index in [1.54, 1.807) is 13.8 Å². The zero-order valence-electron chi connectivity index (χ0n) is 14.7. The van der Waals surface area contributed by atoms with E-state index in [0.29, 0.717) is 5.92 Å². The number of aliphatic hydroxyl groups excluding tert-OH is 1. The van der Waals surface area contributed by atoms with Crippen LogP contribution in [0.2, 0.25) is 0 Å². The van der Waals surface area contributed by atoms with Crippen LogP contribution in [0.1, 0.15) is 39.2 Å². The molecule has 2 aliphatic rings. The summed E-state index contributed by atoms with van der Waals surface area (Å²) in [5.41, 5.74) is 2.07. The molecule has 6 heteroatoms. The third-order valence-corrected chi connectivity index (χ3v) is 4.59. The van der Waals surface area contributed by atoms with E-state index in [4.69, 9.17) is 14.2 Å². The molecule has 3 N–H and O–H groups in total. The summed E-state index contributed by atoms with van der Waals surface area (Å²) < 4.78 is 16.9. The zero-order chi connectivity index (χ0) is 17.5. The molecule has 0 amide bonds. The summed E-state index contributed by atoms with van der Waals surface area (Å²) in [6.07, 6.45) is -2.18. The average Bonchev–Trinajstić information content (AvgIpc) is 2.85. The summed E-state index contributed by atoms with van der Waals surface area (Å²) in [5.74, 6) is -2.10. The van der Waals surface area contributed by atoms with Gasteiger partial charge < -0.3 is 29.7 Å². The number of benzene rings is 1. The highest BCUT2D eigenvalue weighted by atomic mass is 16.8. The lowest BCUT2D eigenvalue weighted by Gasteiger charge is -2.41. The van der Waals surface area contributed by atoms with Gasteiger partial charge >= 0.3 is 0 Å². The minimum atomic E-state index is -1.72. The Bertz CT molecular complexity index is 591. The quantitative estimate of drug-likeness (QED) is 0.778. The van der Waals surface area contributed by atoms with Crippen molar-refractivity contribution < 1.29 is 24.4 Å². The van der Waals surface area contributed by atoms with Gasteiger partial charge in [-0.25, -0.2) is 0 Å². The monoisotopic (exact) mass is 337 g/mol. The first kappa shape index (κ1) is 17.6. The van der Waals surface area contributed by atoms with E-state index in [1.807, 2.05) is 18.2 Å². The van der Waals surface area contributed by atoms with Crippen molar-refractivity contribution >= 4 is 5.69 Å². The van der Waals surface area contributed by atoms with Crippen molar-refractivity contribution in [1.82, 2.24) is 0 Å². The van der Waals surface area contributed by atoms with Crippen molar-refractivity contribution in [3.63, 3.8) is 0 Å². The van der Waals surface area contributed by atoms with Crippen molar-refractivity contribution in [1.29, 1.82) is 0 Å². The second kappa shape index (κ2) is 6.28. The topological polar surface area (TPSA) is 80.2 Å². The van der Waals surface area contributed by atoms with E-state index >= 15 is 0 Å². The summed E-state index contributed by atoms with van der Waals surface area (Å²) in [6.45, 7) is 8.05. The van der Waals surface area contributed by atoms with Gasteiger partial charge in [0.25, 0.3) is 0 Å². The molecule has 6 nitrogen and oxygen atoms in total. The van der Waals surface area contributed by atoms with Crippen molar-refractivity contribution in [3.8, 4) is 0 Å². The number of fused-ring (bicyclic) bond motifs is 1. The van der Waals surface area contributed by atoms with Gasteiger partial charge in [-0.15, -0.1) is 0 Å². The predicted octanol–water partition coefficient (Wildman–Crippen LogP) is 1.82. The van der Waals surface area contributed by atoms with Crippen LogP contribution in [0.25, 0.3) is 0 Å². The molecule has 134 valence electrons. The van der Waals surface area contributed by atoms with Gasteiger partial charge in [0.05, 0.1) is 13.2 Å². The highest BCUT2D eigenvalue weighted by molar-refractivity contribution is 5.46. The second-order valence-corrected chi connectivity index (χ2v) is 7.37. The van der Waals surface area contributed by atoms with Crippen LogP contribution in [0.15, 0.2) is 24.3 Å². The summed E-state index contributed by atoms with van der Waals surface area (Å²) in [6, 6.07) is 7.98. The van der Waals surface area contributed by atoms with Crippen LogP contribution in [0.4, 0.5) is 5.69 Å². The van der Waals surface area contributed by atoms with E-state index in [1.165, 1.54) is 5.56 Å². The van der Waals surface area contributed by atoms with Crippen LogP contribution < -0.4 is 5.32 Å². The van der Waals surface area contributed by atoms with Crippen LogP contribution in [-0.4, -0.2) is 53.3 Å². The van der Waals surface area contributed by atoms with Gasteiger partial charge in [-0.2, -0.15) is 0 Å². The fourth-order valence-electron chi connectivity index (χ4n) is 3.22. The third kappa shape index (κ3) is 3.43. The van der Waals surface area contributed by atoms with Crippen molar-refractivity contribution in [2.45, 2.75) is 63.5 Å². The van der Waals surface area contributed by atoms with E-state index in [0.717, 1.165) is 5.69 Å². The Kier molecular flexibility index (Phi) is 4.61. The first-order valence-electron chi connectivity index (χ1n) is 8.44. The Labute approximate surface area is 142 Å². The minimum Gasteiger partial charge on any atom is -0.385 e. The number of rotatable bonds is 4. The van der Waals surface area contributed by atoms with Crippen molar-refractivity contribution in [2.75, 3.05) is 18.5 Å². The zero-order valence-corrected chi connectivity index (χ0v) is 14.7. The lowest BCUT2D eigenvalue weighted by molar-refractivity contribution is -0.298. The average molecular weight is 337 g/mol. The van der Waals surface area contributed by atoms with E-state index in [9.17, 15) is 10.2 Å². The number of aliphatic hydroxyl groups is 2. The smallest absolute Gasteiger partial charge is 0.212 e. The fourth-order valence-corrected chi connectivity index (χ4v) is 3.22. The molecule has 2 fully saturated rings. The maximum absolute atomic E-state index is 10.7. The predicted molar refractivity (Wildman–Crippen MR) is 89.8 cm³/mol. The molecule has 0 aromatic heterocycles. The Morgan fingerprint density at radius 2 is 2.04 bits per heavy atom. The highest BCUT2D eigenvalue weighted by Gasteiger charge is 2.56. The third-order valence-electron chi connectivity index (χ3n) is 4.59. The number of hydrogen-bond acceptors (Lipinski definition) is 6. The van der Waals surface area contributed by atoms with Crippen LogP contribution in [0, 0.1) is 0 Å². The van der Waals surface area contributed by atoms with Gasteiger partial charge in [0.1, 0.15) is 18.3 Å². The molecule has 3 rings (SSSR count). The Hall–Kier alpha value is -1.18. The molecule has 0 radical (unpaired) electrons. The number of anilines is 1. The maximum atomic E-state index is 10.7. The first-order chi connectivity index (χ1) is 11.2. The summed E-state index contributed by atoms with van der Waals surface area (Å²) in [7, 11) is 0. The molecule has 0 unspecified atom stereocenters. The molecule has 2 heterocycles. The number of nitrogens with one attached hydrogen (secondary N) is 1. The lowest BCUT2D eigenvalue weighted by Crippen LogP contribution is -2.62. The van der Waals surface area contributed by atoms with Gasteiger partial charge in [-0.1, -0.05) is 26.0 Å². The highest BCUT2D eigenvalue weighted by Crippen LogP contribution is 2.37. The molecule has 0 aliphatic carbocycles. The summed E-state index contributed by atoms with van der Waals surface area (Å²) in [4.78, 5) is 0. The fraction of sp³-hybridized carbons (Fsp3) is 0.667. The first-order valence-corrected chi connectivity index (χ1v) is 8.44. The molecule has 0 saturated carbocycles. The molecule has 24 heavy (non-hydrogen) atoms. The van der Waals surface area contributed by atoms with E-state index in [-0.39, 0.29) is 19.3 Å². The van der Waals surface area contributed by atoms with E-state index < -0.39 is 23.8 Å². The normalized spacial score (nSPS) is 35.0. The standard InChI is InChI=1S/C18H27NO5/c1-11(2)12-6-5-7-13(8-12)19-10-18(21)16(20)15-14(9-22-18)23-17(3,4)24-15/h5-8,11,14-16,19-21H,9-10H2,1-4H3/t14-,15-,16+,18-/m1/s1. The van der Waals surface area contributed by atoms with E-state index in [2.05, 4.69) is 25.2 Å². The Balaban J connectivity index is 1.67. The largest absolute Gasteiger partial charge is 0.385 e. The van der Waals surface area contributed by atoms with Crippen LogP contribution in [0.3, 0.4) is 0 Å². The molecule has 1 aromatic carbocycles. The Morgan fingerprint density at radius 1 is 1.29 bits per heavy atom. The maximum Gasteiger partial charge on any atom is 0.212 e. The van der Waals surface area contributed by atoms with Gasteiger partial charge in [0.2, 0.25) is 5.79 Å². The van der Waals surface area contributed by atoms with Crippen LogP contribution >= 0.6 is 0 Å². The van der Waals surface area contributed by atoms with Crippen LogP contribution in [-0.2, 0) is 14.2 Å². The Morgan fingerprint density at radius 3 is 2.75 bits per heavy atom. The van der Waals surface area contributed by atoms with Crippen LogP contribution in [0.5, 0.6) is 0 Å². The number of hydrogen-bond donors (Lipinski definition) is 3. The van der Waals surface area contributed by atoms with Gasteiger partial charge in [-0.3, -0.25) is 0 Å². The van der Waals surface area contributed by atoms with Crippen molar-refractivity contribution in [2.24, 2.45) is 0 Å². The SMILES string of the molecule is CC(C)c1cccc(NC[C@@]2(O)OC[C@H]3OC(C)(C)O[C@H]3[C@@H]2O)c1. The summed E-state index contributed by atoms with van der Waals surface area (Å²) >= 11 is 0. The number of ether oxygens (including phenoxy) is 3.